The third-order valence-electron chi connectivity index (χ3n) is 3.43. The van der Waals surface area contributed by atoms with Gasteiger partial charge in [-0.3, -0.25) is 9.59 Å². The van der Waals surface area contributed by atoms with Crippen LogP contribution in [0.5, 0.6) is 0 Å². The van der Waals surface area contributed by atoms with Crippen LogP contribution in [-0.2, 0) is 16.0 Å². The molecule has 0 radical (unpaired) electrons. The lowest BCUT2D eigenvalue weighted by Gasteiger charge is -2.18. The summed E-state index contributed by atoms with van der Waals surface area (Å²) in [6, 6.07) is 8.14. The van der Waals surface area contributed by atoms with Crippen LogP contribution in [0.15, 0.2) is 29.6 Å². The van der Waals surface area contributed by atoms with Crippen molar-refractivity contribution in [3.8, 4) is 0 Å². The van der Waals surface area contributed by atoms with Gasteiger partial charge in [-0.1, -0.05) is 29.8 Å². The van der Waals surface area contributed by atoms with Crippen molar-refractivity contribution in [1.82, 2.24) is 9.88 Å². The molecule has 6 nitrogen and oxygen atoms in total. The van der Waals surface area contributed by atoms with E-state index in [1.165, 1.54) is 28.9 Å². The third kappa shape index (κ3) is 5.14. The zero-order chi connectivity index (χ0) is 17.5. The fourth-order valence-corrected chi connectivity index (χ4v) is 2.95. The van der Waals surface area contributed by atoms with E-state index in [0.717, 1.165) is 10.6 Å². The highest BCUT2D eigenvalue weighted by Gasteiger charge is 2.21. The van der Waals surface area contributed by atoms with E-state index in [2.05, 4.69) is 4.98 Å². The standard InChI is InChI=1S/C17H20N2O4S/c1-12-3-5-13(6-4-12)9-15-18-14(11-24-15)17(22)19(7-8-23-2)10-16(20)21/h3-6,11H,7-10H2,1-2H3,(H,20,21). The maximum absolute atomic E-state index is 12.4. The van der Waals surface area contributed by atoms with Crippen molar-refractivity contribution in [3.05, 3.63) is 51.5 Å². The van der Waals surface area contributed by atoms with Crippen LogP contribution in [0.1, 0.15) is 26.6 Å². The van der Waals surface area contributed by atoms with Crippen LogP contribution in [0.3, 0.4) is 0 Å². The molecular weight excluding hydrogens is 328 g/mol. The van der Waals surface area contributed by atoms with Crippen LogP contribution in [0.25, 0.3) is 0 Å². The SMILES string of the molecule is COCCN(CC(=O)O)C(=O)c1csc(Cc2ccc(C)cc2)n1. The van der Waals surface area contributed by atoms with Crippen molar-refractivity contribution in [2.45, 2.75) is 13.3 Å². The largest absolute Gasteiger partial charge is 0.480 e. The number of thiazole rings is 1. The predicted molar refractivity (Wildman–Crippen MR) is 91.5 cm³/mol. The number of carbonyl (C=O) groups is 2. The van der Waals surface area contributed by atoms with Gasteiger partial charge in [0.05, 0.1) is 11.6 Å². The Labute approximate surface area is 144 Å². The molecule has 0 aliphatic carbocycles. The first-order chi connectivity index (χ1) is 11.5. The molecule has 1 aromatic carbocycles. The average molecular weight is 348 g/mol. The first kappa shape index (κ1) is 18.1. The van der Waals surface area contributed by atoms with Crippen LogP contribution >= 0.6 is 11.3 Å². The van der Waals surface area contributed by atoms with Crippen LogP contribution in [0.2, 0.25) is 0 Å². The van der Waals surface area contributed by atoms with Gasteiger partial charge in [0.2, 0.25) is 0 Å². The molecule has 0 aliphatic rings. The van der Waals surface area contributed by atoms with Crippen molar-refractivity contribution < 1.29 is 19.4 Å². The van der Waals surface area contributed by atoms with Gasteiger partial charge >= 0.3 is 5.97 Å². The second-order valence-electron chi connectivity index (χ2n) is 5.40. The molecule has 1 aromatic heterocycles. The smallest absolute Gasteiger partial charge is 0.323 e. The number of carboxylic acids is 1. The van der Waals surface area contributed by atoms with Crippen LogP contribution in [0.4, 0.5) is 0 Å². The monoisotopic (exact) mass is 348 g/mol. The highest BCUT2D eigenvalue weighted by Crippen LogP contribution is 2.16. The molecule has 1 heterocycles. The Bertz CT molecular complexity index is 697. The Kier molecular flexibility index (Phi) is 6.45. The van der Waals surface area contributed by atoms with E-state index in [9.17, 15) is 9.59 Å². The number of hydrogen-bond donors (Lipinski definition) is 1. The van der Waals surface area contributed by atoms with Crippen LogP contribution in [-0.4, -0.2) is 53.7 Å². The lowest BCUT2D eigenvalue weighted by Crippen LogP contribution is -2.38. The molecule has 0 unspecified atom stereocenters. The zero-order valence-electron chi connectivity index (χ0n) is 13.7. The van der Waals surface area contributed by atoms with E-state index in [1.54, 1.807) is 5.38 Å². The summed E-state index contributed by atoms with van der Waals surface area (Å²) in [4.78, 5) is 29.0. The molecule has 1 amide bonds. The molecule has 1 N–H and O–H groups in total. The highest BCUT2D eigenvalue weighted by molar-refractivity contribution is 7.09. The van der Waals surface area contributed by atoms with Gasteiger partial charge in [0.1, 0.15) is 12.2 Å². The van der Waals surface area contributed by atoms with Crippen molar-refractivity contribution in [3.63, 3.8) is 0 Å². The number of amides is 1. The van der Waals surface area contributed by atoms with Gasteiger partial charge in [-0.15, -0.1) is 11.3 Å². The number of carbonyl (C=O) groups excluding carboxylic acids is 1. The molecule has 0 saturated heterocycles. The van der Waals surface area contributed by atoms with E-state index in [-0.39, 0.29) is 31.3 Å². The van der Waals surface area contributed by atoms with Crippen molar-refractivity contribution >= 4 is 23.2 Å². The van der Waals surface area contributed by atoms with E-state index in [1.807, 2.05) is 31.2 Å². The lowest BCUT2D eigenvalue weighted by atomic mass is 10.1. The molecule has 0 spiro atoms. The van der Waals surface area contributed by atoms with Gasteiger partial charge in [0.25, 0.3) is 5.91 Å². The molecule has 24 heavy (non-hydrogen) atoms. The fourth-order valence-electron chi connectivity index (χ4n) is 2.15. The molecule has 0 saturated carbocycles. The van der Waals surface area contributed by atoms with Crippen LogP contribution in [0, 0.1) is 6.92 Å². The van der Waals surface area contributed by atoms with Crippen molar-refractivity contribution in [1.29, 1.82) is 0 Å². The second-order valence-corrected chi connectivity index (χ2v) is 6.34. The molecule has 2 rings (SSSR count). The summed E-state index contributed by atoms with van der Waals surface area (Å²) in [5, 5.41) is 11.4. The minimum atomic E-state index is -1.06. The number of carboxylic acid groups (broad SMARTS) is 1. The van der Waals surface area contributed by atoms with Gasteiger partial charge in [-0.2, -0.15) is 0 Å². The van der Waals surface area contributed by atoms with Gasteiger partial charge in [-0.05, 0) is 12.5 Å². The molecule has 0 bridgehead atoms. The molecule has 128 valence electrons. The lowest BCUT2D eigenvalue weighted by molar-refractivity contribution is -0.137. The number of benzene rings is 1. The van der Waals surface area contributed by atoms with Gasteiger partial charge < -0.3 is 14.7 Å². The maximum Gasteiger partial charge on any atom is 0.323 e. The summed E-state index contributed by atoms with van der Waals surface area (Å²) in [7, 11) is 1.51. The molecule has 2 aromatic rings. The fraction of sp³-hybridized carbons (Fsp3) is 0.353. The third-order valence-corrected chi connectivity index (χ3v) is 4.27. The topological polar surface area (TPSA) is 79.7 Å². The number of aliphatic carboxylic acids is 1. The first-order valence-electron chi connectivity index (χ1n) is 7.49. The Morgan fingerprint density at radius 3 is 2.62 bits per heavy atom. The number of aromatic nitrogens is 1. The molecule has 0 fully saturated rings. The average Bonchev–Trinajstić information content (AvgIpc) is 3.01. The summed E-state index contributed by atoms with van der Waals surface area (Å²) in [5.74, 6) is -1.45. The van der Waals surface area contributed by atoms with E-state index in [4.69, 9.17) is 9.84 Å². The van der Waals surface area contributed by atoms with E-state index < -0.39 is 5.97 Å². The summed E-state index contributed by atoms with van der Waals surface area (Å²) in [5.41, 5.74) is 2.59. The Hall–Kier alpha value is -2.25. The summed E-state index contributed by atoms with van der Waals surface area (Å²) in [6.45, 7) is 2.15. The Balaban J connectivity index is 2.07. The highest BCUT2D eigenvalue weighted by atomic mass is 32.1. The summed E-state index contributed by atoms with van der Waals surface area (Å²) >= 11 is 1.40. The van der Waals surface area contributed by atoms with Crippen LogP contribution < -0.4 is 0 Å². The maximum atomic E-state index is 12.4. The quantitative estimate of drug-likeness (QED) is 0.791. The van der Waals surface area contributed by atoms with E-state index in [0.29, 0.717) is 6.42 Å². The Morgan fingerprint density at radius 2 is 2.00 bits per heavy atom. The Morgan fingerprint density at radius 1 is 1.29 bits per heavy atom. The first-order valence-corrected chi connectivity index (χ1v) is 8.37. The minimum absolute atomic E-state index is 0.215. The number of nitrogens with zero attached hydrogens (tertiary/aromatic N) is 2. The van der Waals surface area contributed by atoms with Crippen molar-refractivity contribution in [2.24, 2.45) is 0 Å². The van der Waals surface area contributed by atoms with Gasteiger partial charge in [0, 0.05) is 25.5 Å². The number of hydrogen-bond acceptors (Lipinski definition) is 5. The second kappa shape index (κ2) is 8.56. The zero-order valence-corrected chi connectivity index (χ0v) is 14.5. The number of methoxy groups -OCH3 is 1. The predicted octanol–water partition coefficient (Wildman–Crippen LogP) is 2.22. The summed E-state index contributed by atoms with van der Waals surface area (Å²) in [6.07, 6.45) is 0.648. The number of ether oxygens (including phenoxy) is 1. The van der Waals surface area contributed by atoms with E-state index >= 15 is 0 Å². The summed E-state index contributed by atoms with van der Waals surface area (Å²) < 4.78 is 4.93. The van der Waals surface area contributed by atoms with Gasteiger partial charge in [-0.25, -0.2) is 4.98 Å². The minimum Gasteiger partial charge on any atom is -0.480 e. The molecule has 0 atom stereocenters. The molecule has 0 aliphatic heterocycles. The number of rotatable bonds is 8. The molecule has 7 heteroatoms. The number of aryl methyl sites for hydroxylation is 1. The molecular formula is C17H20N2O4S. The van der Waals surface area contributed by atoms with Crippen molar-refractivity contribution in [2.75, 3.05) is 26.8 Å². The van der Waals surface area contributed by atoms with Gasteiger partial charge in [0.15, 0.2) is 0 Å². The normalized spacial score (nSPS) is 10.6.